The number of nitrogens with one attached hydrogen (secondary N) is 1. The van der Waals surface area contributed by atoms with Crippen molar-refractivity contribution < 1.29 is 13.2 Å². The van der Waals surface area contributed by atoms with E-state index in [1.165, 1.54) is 6.07 Å². The number of aryl methyl sites for hydroxylation is 2. The van der Waals surface area contributed by atoms with E-state index in [0.717, 1.165) is 27.2 Å². The third-order valence-electron chi connectivity index (χ3n) is 3.66. The van der Waals surface area contributed by atoms with E-state index >= 15 is 0 Å². The lowest BCUT2D eigenvalue weighted by Crippen LogP contribution is -2.13. The molecule has 3 aromatic rings. The smallest absolute Gasteiger partial charge is 0.261 e. The molecule has 1 N–H and O–H groups in total. The second kappa shape index (κ2) is 6.41. The summed E-state index contributed by atoms with van der Waals surface area (Å²) in [4.78, 5) is 4.69. The predicted molar refractivity (Wildman–Crippen MR) is 97.5 cm³/mol. The van der Waals surface area contributed by atoms with E-state index in [1.54, 1.807) is 36.6 Å². The molecular weight excluding hydrogens is 344 g/mol. The van der Waals surface area contributed by atoms with E-state index in [-0.39, 0.29) is 4.90 Å². The molecule has 7 heteroatoms. The summed E-state index contributed by atoms with van der Waals surface area (Å²) in [6.45, 7) is 3.86. The zero-order chi connectivity index (χ0) is 17.3. The van der Waals surface area contributed by atoms with Gasteiger partial charge in [0.25, 0.3) is 10.0 Å². The van der Waals surface area contributed by atoms with Gasteiger partial charge >= 0.3 is 0 Å². The van der Waals surface area contributed by atoms with Crippen molar-refractivity contribution in [1.29, 1.82) is 0 Å². The summed E-state index contributed by atoms with van der Waals surface area (Å²) < 4.78 is 33.9. The lowest BCUT2D eigenvalue weighted by molar-refractivity contribution is 0.411. The van der Waals surface area contributed by atoms with E-state index in [9.17, 15) is 8.42 Å². The number of nitrogens with zero attached hydrogens (tertiary/aromatic N) is 1. The van der Waals surface area contributed by atoms with Crippen molar-refractivity contribution in [2.24, 2.45) is 0 Å². The van der Waals surface area contributed by atoms with E-state index in [2.05, 4.69) is 9.71 Å². The number of hydrogen-bond donors (Lipinski definition) is 1. The van der Waals surface area contributed by atoms with Crippen LogP contribution < -0.4 is 9.46 Å². The van der Waals surface area contributed by atoms with Crippen LogP contribution in [0.4, 0.5) is 5.69 Å². The number of methoxy groups -OCH3 is 1. The van der Waals surface area contributed by atoms with Gasteiger partial charge in [0.15, 0.2) is 0 Å². The predicted octanol–water partition coefficient (Wildman–Crippen LogP) is 3.98. The molecule has 0 bridgehead atoms. The molecule has 0 aliphatic rings. The first kappa shape index (κ1) is 16.7. The van der Waals surface area contributed by atoms with Crippen LogP contribution in [0.3, 0.4) is 0 Å². The van der Waals surface area contributed by atoms with Gasteiger partial charge in [0.2, 0.25) is 0 Å². The monoisotopic (exact) mass is 362 g/mol. The van der Waals surface area contributed by atoms with Crippen LogP contribution in [0.1, 0.15) is 17.5 Å². The van der Waals surface area contributed by atoms with E-state index in [0.29, 0.717) is 11.4 Å². The maximum absolute atomic E-state index is 12.6. The molecule has 24 heavy (non-hydrogen) atoms. The van der Waals surface area contributed by atoms with Crippen LogP contribution in [0.25, 0.3) is 10.2 Å². The molecule has 0 radical (unpaired) electrons. The van der Waals surface area contributed by atoms with Gasteiger partial charge in [-0.3, -0.25) is 4.72 Å². The highest BCUT2D eigenvalue weighted by Crippen LogP contribution is 2.28. The second-order valence-electron chi connectivity index (χ2n) is 5.38. The molecule has 0 unspecified atom stereocenters. The van der Waals surface area contributed by atoms with Crippen LogP contribution in [-0.4, -0.2) is 20.5 Å². The van der Waals surface area contributed by atoms with Crippen LogP contribution in [0.15, 0.2) is 41.3 Å². The summed E-state index contributed by atoms with van der Waals surface area (Å²) in [6, 6.07) is 10.2. The first-order valence-corrected chi connectivity index (χ1v) is 9.80. The maximum Gasteiger partial charge on any atom is 0.261 e. The quantitative estimate of drug-likeness (QED) is 0.745. The number of thiazole rings is 1. The molecule has 5 nitrogen and oxygen atoms in total. The molecule has 126 valence electrons. The lowest BCUT2D eigenvalue weighted by atomic mass is 10.2. The van der Waals surface area contributed by atoms with E-state index in [4.69, 9.17) is 4.74 Å². The van der Waals surface area contributed by atoms with Gasteiger partial charge in [-0.2, -0.15) is 0 Å². The molecule has 0 atom stereocenters. The highest BCUT2D eigenvalue weighted by atomic mass is 32.2. The average molecular weight is 362 g/mol. The minimum atomic E-state index is -3.65. The van der Waals surface area contributed by atoms with Crippen molar-refractivity contribution >= 4 is 37.3 Å². The molecule has 2 aromatic carbocycles. The number of sulfonamides is 1. The maximum atomic E-state index is 12.6. The average Bonchev–Trinajstić information content (AvgIpc) is 2.96. The molecular formula is C17H18N2O3S2. The second-order valence-corrected chi connectivity index (χ2v) is 8.18. The third kappa shape index (κ3) is 3.22. The molecule has 3 rings (SSSR count). The number of aromatic nitrogens is 1. The molecule has 1 heterocycles. The van der Waals surface area contributed by atoms with Crippen molar-refractivity contribution in [1.82, 2.24) is 4.98 Å². The van der Waals surface area contributed by atoms with E-state index in [1.807, 2.05) is 26.0 Å². The normalized spacial score (nSPS) is 11.6. The molecule has 0 fully saturated rings. The van der Waals surface area contributed by atoms with Crippen molar-refractivity contribution in [2.45, 2.75) is 25.2 Å². The molecule has 0 aliphatic carbocycles. The third-order valence-corrected chi connectivity index (χ3v) is 6.21. The van der Waals surface area contributed by atoms with Gasteiger partial charge in [-0.15, -0.1) is 11.3 Å². The Bertz CT molecular complexity index is 994. The number of rotatable bonds is 5. The highest BCUT2D eigenvalue weighted by Gasteiger charge is 2.16. The van der Waals surface area contributed by atoms with E-state index < -0.39 is 10.0 Å². The standard InChI is InChI=1S/C17H18N2O3S2/c1-4-17-18-14-7-5-12(10-16(14)23-17)19-24(20,21)13-6-8-15(22-3)11(2)9-13/h5-10,19H,4H2,1-3H3. The Kier molecular flexibility index (Phi) is 4.47. The number of benzene rings is 2. The first-order valence-electron chi connectivity index (χ1n) is 7.50. The molecule has 0 saturated heterocycles. The summed E-state index contributed by atoms with van der Waals surface area (Å²) in [5, 5.41) is 1.04. The fourth-order valence-corrected chi connectivity index (χ4v) is 4.50. The minimum Gasteiger partial charge on any atom is -0.496 e. The van der Waals surface area contributed by atoms with Crippen LogP contribution >= 0.6 is 11.3 Å². The summed E-state index contributed by atoms with van der Waals surface area (Å²) >= 11 is 1.58. The van der Waals surface area contributed by atoms with Gasteiger partial charge in [0.05, 0.1) is 32.9 Å². The molecule has 0 saturated carbocycles. The largest absolute Gasteiger partial charge is 0.496 e. The number of ether oxygens (including phenoxy) is 1. The Labute approximate surface area is 145 Å². The van der Waals surface area contributed by atoms with Crippen LogP contribution in [0, 0.1) is 6.92 Å². The lowest BCUT2D eigenvalue weighted by Gasteiger charge is -2.10. The molecule has 0 aliphatic heterocycles. The zero-order valence-electron chi connectivity index (χ0n) is 13.7. The van der Waals surface area contributed by atoms with Gasteiger partial charge in [0, 0.05) is 0 Å². The van der Waals surface area contributed by atoms with Gasteiger partial charge in [0.1, 0.15) is 5.75 Å². The summed E-state index contributed by atoms with van der Waals surface area (Å²) in [7, 11) is -2.09. The van der Waals surface area contributed by atoms with Gasteiger partial charge in [-0.1, -0.05) is 6.92 Å². The highest BCUT2D eigenvalue weighted by molar-refractivity contribution is 7.92. The Balaban J connectivity index is 1.92. The number of fused-ring (bicyclic) bond motifs is 1. The van der Waals surface area contributed by atoms with Crippen LogP contribution in [-0.2, 0) is 16.4 Å². The first-order chi connectivity index (χ1) is 11.4. The SMILES string of the molecule is CCc1nc2ccc(NS(=O)(=O)c3ccc(OC)c(C)c3)cc2s1. The van der Waals surface area contributed by atoms with Gasteiger partial charge in [-0.05, 0) is 55.3 Å². The minimum absolute atomic E-state index is 0.208. The van der Waals surface area contributed by atoms with Gasteiger partial charge < -0.3 is 4.74 Å². The number of anilines is 1. The Morgan fingerprint density at radius 1 is 1.21 bits per heavy atom. The van der Waals surface area contributed by atoms with Gasteiger partial charge in [-0.25, -0.2) is 13.4 Å². The molecule has 0 amide bonds. The summed E-state index contributed by atoms with van der Waals surface area (Å²) in [6.07, 6.45) is 0.867. The Hall–Kier alpha value is -2.12. The fourth-order valence-electron chi connectivity index (χ4n) is 2.42. The number of hydrogen-bond acceptors (Lipinski definition) is 5. The fraction of sp³-hybridized carbons (Fsp3) is 0.235. The van der Waals surface area contributed by atoms with Crippen LogP contribution in [0.5, 0.6) is 5.75 Å². The molecule has 0 spiro atoms. The van der Waals surface area contributed by atoms with Crippen molar-refractivity contribution in [3.63, 3.8) is 0 Å². The van der Waals surface area contributed by atoms with Crippen LogP contribution in [0.2, 0.25) is 0 Å². The summed E-state index contributed by atoms with van der Waals surface area (Å²) in [5.74, 6) is 0.659. The molecule has 1 aromatic heterocycles. The van der Waals surface area contributed by atoms with Crippen molar-refractivity contribution in [3.05, 3.63) is 47.0 Å². The Morgan fingerprint density at radius 3 is 2.67 bits per heavy atom. The zero-order valence-corrected chi connectivity index (χ0v) is 15.3. The van der Waals surface area contributed by atoms with Crippen molar-refractivity contribution in [3.8, 4) is 5.75 Å². The van der Waals surface area contributed by atoms with Crippen molar-refractivity contribution in [2.75, 3.05) is 11.8 Å². The Morgan fingerprint density at radius 2 is 2.00 bits per heavy atom. The summed E-state index contributed by atoms with van der Waals surface area (Å²) in [5.41, 5.74) is 2.19. The topological polar surface area (TPSA) is 68.3 Å².